The molecule has 0 aliphatic carbocycles. The Bertz CT molecular complexity index is 691. The zero-order valence-electron chi connectivity index (χ0n) is 10.1. The highest BCUT2D eigenvalue weighted by molar-refractivity contribution is 8.00. The van der Waals surface area contributed by atoms with Gasteiger partial charge in [-0.1, -0.05) is 0 Å². The molecular formula is C12H14N2OS3. The summed E-state index contributed by atoms with van der Waals surface area (Å²) in [6.45, 7) is 2.93. The molecule has 1 aliphatic heterocycles. The second-order valence-corrected chi connectivity index (χ2v) is 7.87. The van der Waals surface area contributed by atoms with E-state index >= 15 is 0 Å². The Kier molecular flexibility index (Phi) is 3.11. The molecule has 1 atom stereocenters. The Balaban J connectivity index is 2.11. The van der Waals surface area contributed by atoms with Gasteiger partial charge in [0.25, 0.3) is 5.56 Å². The molecule has 3 heterocycles. The fraction of sp³-hybridized carbons (Fsp3) is 0.500. The van der Waals surface area contributed by atoms with Crippen molar-refractivity contribution in [1.29, 1.82) is 0 Å². The van der Waals surface area contributed by atoms with Gasteiger partial charge in [-0.15, -0.1) is 11.3 Å². The van der Waals surface area contributed by atoms with E-state index in [9.17, 15) is 4.79 Å². The molecule has 0 amide bonds. The molecule has 1 saturated heterocycles. The standard InChI is InChI=1S/C12H14N2OS3/c1-12(4-2-5-18-12)7-14-10(15)8-3-6-17-9(8)13-11(14)16/h3,6H,2,4-5,7H2,1H3,(H,13,16). The zero-order chi connectivity index (χ0) is 12.8. The van der Waals surface area contributed by atoms with Crippen LogP contribution in [-0.4, -0.2) is 20.1 Å². The first-order chi connectivity index (χ1) is 8.59. The minimum Gasteiger partial charge on any atom is -0.323 e. The van der Waals surface area contributed by atoms with Crippen LogP contribution in [0.15, 0.2) is 16.2 Å². The Morgan fingerprint density at radius 3 is 3.17 bits per heavy atom. The number of aromatic nitrogens is 2. The van der Waals surface area contributed by atoms with Gasteiger partial charge in [0.15, 0.2) is 4.77 Å². The molecule has 3 nitrogen and oxygen atoms in total. The van der Waals surface area contributed by atoms with Crippen LogP contribution in [0.1, 0.15) is 19.8 Å². The summed E-state index contributed by atoms with van der Waals surface area (Å²) in [7, 11) is 0. The van der Waals surface area contributed by atoms with Gasteiger partial charge in [-0.05, 0) is 49.2 Å². The van der Waals surface area contributed by atoms with Crippen molar-refractivity contribution in [2.24, 2.45) is 0 Å². The summed E-state index contributed by atoms with van der Waals surface area (Å²) in [6, 6.07) is 1.87. The number of aromatic amines is 1. The largest absolute Gasteiger partial charge is 0.323 e. The van der Waals surface area contributed by atoms with Gasteiger partial charge in [0.2, 0.25) is 0 Å². The number of nitrogens with zero attached hydrogens (tertiary/aromatic N) is 1. The third-order valence-electron chi connectivity index (χ3n) is 3.40. The second-order valence-electron chi connectivity index (χ2n) is 4.89. The molecule has 6 heteroatoms. The molecule has 2 aromatic rings. The van der Waals surface area contributed by atoms with Crippen molar-refractivity contribution < 1.29 is 0 Å². The van der Waals surface area contributed by atoms with Crippen molar-refractivity contribution in [2.75, 3.05) is 5.75 Å². The number of hydrogen-bond acceptors (Lipinski definition) is 4. The number of thioether (sulfide) groups is 1. The number of thiophene rings is 1. The Labute approximate surface area is 118 Å². The van der Waals surface area contributed by atoms with Crippen molar-refractivity contribution >= 4 is 45.5 Å². The third-order valence-corrected chi connectivity index (χ3v) is 6.07. The first-order valence-corrected chi connectivity index (χ1v) is 8.21. The van der Waals surface area contributed by atoms with Crippen LogP contribution in [0.4, 0.5) is 0 Å². The van der Waals surface area contributed by atoms with Gasteiger partial charge in [0.1, 0.15) is 4.83 Å². The average molecular weight is 298 g/mol. The fourth-order valence-electron chi connectivity index (χ4n) is 2.42. The van der Waals surface area contributed by atoms with Crippen molar-refractivity contribution in [1.82, 2.24) is 9.55 Å². The van der Waals surface area contributed by atoms with Crippen molar-refractivity contribution in [3.8, 4) is 0 Å². The van der Waals surface area contributed by atoms with Gasteiger partial charge in [-0.25, -0.2) is 0 Å². The van der Waals surface area contributed by atoms with Crippen LogP contribution in [0.5, 0.6) is 0 Å². The van der Waals surface area contributed by atoms with Gasteiger partial charge in [-0.2, -0.15) is 11.8 Å². The lowest BCUT2D eigenvalue weighted by atomic mass is 10.1. The Hall–Kier alpha value is -0.590. The van der Waals surface area contributed by atoms with Gasteiger partial charge in [0, 0.05) is 11.3 Å². The maximum Gasteiger partial charge on any atom is 0.263 e. The molecule has 18 heavy (non-hydrogen) atoms. The van der Waals surface area contributed by atoms with Gasteiger partial charge >= 0.3 is 0 Å². The van der Waals surface area contributed by atoms with E-state index in [1.807, 2.05) is 23.2 Å². The summed E-state index contributed by atoms with van der Waals surface area (Å²) in [5, 5.41) is 2.67. The average Bonchev–Trinajstić information content (AvgIpc) is 2.94. The van der Waals surface area contributed by atoms with Crippen LogP contribution in [0, 0.1) is 4.77 Å². The smallest absolute Gasteiger partial charge is 0.263 e. The Morgan fingerprint density at radius 1 is 1.61 bits per heavy atom. The number of rotatable bonds is 2. The van der Waals surface area contributed by atoms with E-state index in [2.05, 4.69) is 11.9 Å². The molecular weight excluding hydrogens is 284 g/mol. The molecule has 0 bridgehead atoms. The molecule has 3 rings (SSSR count). The minimum atomic E-state index is 0.0451. The summed E-state index contributed by atoms with van der Waals surface area (Å²) in [6.07, 6.45) is 2.38. The van der Waals surface area contributed by atoms with E-state index in [0.29, 0.717) is 11.3 Å². The molecule has 0 saturated carbocycles. The summed E-state index contributed by atoms with van der Waals surface area (Å²) in [5.41, 5.74) is 0.0451. The first kappa shape index (κ1) is 12.4. The first-order valence-electron chi connectivity index (χ1n) is 5.93. The lowest BCUT2D eigenvalue weighted by Gasteiger charge is -2.23. The molecule has 2 aromatic heterocycles. The van der Waals surface area contributed by atoms with Gasteiger partial charge in [-0.3, -0.25) is 9.36 Å². The van der Waals surface area contributed by atoms with Crippen LogP contribution in [0.3, 0.4) is 0 Å². The maximum atomic E-state index is 12.4. The molecule has 1 N–H and O–H groups in total. The summed E-state index contributed by atoms with van der Waals surface area (Å²) >= 11 is 8.79. The predicted molar refractivity (Wildman–Crippen MR) is 81.4 cm³/mol. The van der Waals surface area contributed by atoms with Crippen molar-refractivity contribution in [3.63, 3.8) is 0 Å². The second kappa shape index (κ2) is 4.51. The number of fused-ring (bicyclic) bond motifs is 1. The molecule has 0 aromatic carbocycles. The van der Waals surface area contributed by atoms with Crippen molar-refractivity contribution in [2.45, 2.75) is 31.1 Å². The van der Waals surface area contributed by atoms with E-state index in [4.69, 9.17) is 12.2 Å². The van der Waals surface area contributed by atoms with E-state index < -0.39 is 0 Å². The maximum absolute atomic E-state index is 12.4. The van der Waals surface area contributed by atoms with Crippen LogP contribution in [0.2, 0.25) is 0 Å². The van der Waals surface area contributed by atoms with Crippen LogP contribution in [-0.2, 0) is 6.54 Å². The number of H-pyrrole nitrogens is 1. The predicted octanol–water partition coefficient (Wildman–Crippen LogP) is 3.41. The normalized spacial score (nSPS) is 23.8. The minimum absolute atomic E-state index is 0.0451. The molecule has 96 valence electrons. The third kappa shape index (κ3) is 2.06. The van der Waals surface area contributed by atoms with Crippen LogP contribution < -0.4 is 5.56 Å². The molecule has 1 aliphatic rings. The lowest BCUT2D eigenvalue weighted by Crippen LogP contribution is -2.32. The van der Waals surface area contributed by atoms with Crippen LogP contribution in [0.25, 0.3) is 10.2 Å². The summed E-state index contributed by atoms with van der Waals surface area (Å²) in [5.74, 6) is 1.18. The van der Waals surface area contributed by atoms with Gasteiger partial charge < -0.3 is 4.98 Å². The van der Waals surface area contributed by atoms with E-state index in [-0.39, 0.29) is 10.3 Å². The highest BCUT2D eigenvalue weighted by Crippen LogP contribution is 2.38. The zero-order valence-corrected chi connectivity index (χ0v) is 12.5. The quantitative estimate of drug-likeness (QED) is 0.863. The number of hydrogen-bond donors (Lipinski definition) is 1. The highest BCUT2D eigenvalue weighted by atomic mass is 32.2. The molecule has 0 radical (unpaired) electrons. The van der Waals surface area contributed by atoms with E-state index in [1.54, 1.807) is 4.57 Å². The highest BCUT2D eigenvalue weighted by Gasteiger charge is 2.30. The number of nitrogens with one attached hydrogen (secondary N) is 1. The molecule has 1 unspecified atom stereocenters. The summed E-state index contributed by atoms with van der Waals surface area (Å²) < 4.78 is 2.42. The SMILES string of the molecule is CC1(Cn2c(=S)[nH]c3sccc3c2=O)CCCS1. The molecule has 1 fully saturated rings. The monoisotopic (exact) mass is 298 g/mol. The lowest BCUT2D eigenvalue weighted by molar-refractivity contribution is 0.494. The van der Waals surface area contributed by atoms with E-state index in [1.165, 1.54) is 23.5 Å². The Morgan fingerprint density at radius 2 is 2.44 bits per heavy atom. The molecule has 0 spiro atoms. The van der Waals surface area contributed by atoms with Gasteiger partial charge in [0.05, 0.1) is 5.39 Å². The van der Waals surface area contributed by atoms with E-state index in [0.717, 1.165) is 16.6 Å². The van der Waals surface area contributed by atoms with Crippen molar-refractivity contribution in [3.05, 3.63) is 26.6 Å². The fourth-order valence-corrected chi connectivity index (χ4v) is 4.80. The summed E-state index contributed by atoms with van der Waals surface area (Å²) in [4.78, 5) is 16.5. The topological polar surface area (TPSA) is 37.8 Å². The van der Waals surface area contributed by atoms with Crippen LogP contribution >= 0.6 is 35.3 Å².